The second-order valence-corrected chi connectivity index (χ2v) is 6.97. The quantitative estimate of drug-likeness (QED) is 0.553. The van der Waals surface area contributed by atoms with Crippen molar-refractivity contribution < 1.29 is 13.9 Å². The van der Waals surface area contributed by atoms with Crippen LogP contribution in [0.5, 0.6) is 0 Å². The summed E-state index contributed by atoms with van der Waals surface area (Å²) in [5.74, 6) is 0.502. The minimum Gasteiger partial charge on any atom is -0.460 e. The molecule has 0 bridgehead atoms. The number of aromatic nitrogens is 3. The molecule has 27 heavy (non-hydrogen) atoms. The summed E-state index contributed by atoms with van der Waals surface area (Å²) in [6.45, 7) is 1.96. The Balaban J connectivity index is 2.05. The molecule has 1 aliphatic rings. The molecule has 1 aliphatic heterocycles. The Morgan fingerprint density at radius 2 is 2.15 bits per heavy atom. The third-order valence-corrected chi connectivity index (χ3v) is 5.05. The number of aromatic amines is 1. The van der Waals surface area contributed by atoms with Gasteiger partial charge in [0.05, 0.1) is 17.5 Å². The first-order valence-electron chi connectivity index (χ1n) is 8.70. The van der Waals surface area contributed by atoms with Crippen LogP contribution < -0.4 is 15.1 Å². The van der Waals surface area contributed by atoms with Crippen LogP contribution >= 0.6 is 11.8 Å². The molecule has 3 aromatic rings. The lowest BCUT2D eigenvalue weighted by Gasteiger charge is -2.30. The topological polar surface area (TPSA) is 83.1 Å². The number of rotatable bonds is 4. The molecule has 0 saturated heterocycles. The van der Waals surface area contributed by atoms with Crippen molar-refractivity contribution >= 4 is 23.4 Å². The summed E-state index contributed by atoms with van der Waals surface area (Å²) in [6, 6.07) is 11.0. The number of benzene rings is 1. The predicted octanol–water partition coefficient (Wildman–Crippen LogP) is 2.73. The second-order valence-electron chi connectivity index (χ2n) is 6.18. The van der Waals surface area contributed by atoms with Gasteiger partial charge in [-0.15, -0.1) is 0 Å². The molecular weight excluding hydrogens is 364 g/mol. The number of nitrogens with zero attached hydrogens (tertiary/aromatic N) is 3. The van der Waals surface area contributed by atoms with Crippen LogP contribution in [0.1, 0.15) is 31.7 Å². The average molecular weight is 383 g/mol. The fourth-order valence-corrected chi connectivity index (χ4v) is 3.73. The summed E-state index contributed by atoms with van der Waals surface area (Å²) in [5, 5.41) is 5.07. The number of para-hydroxylation sites is 1. The van der Waals surface area contributed by atoms with Gasteiger partial charge in [-0.1, -0.05) is 30.8 Å². The number of thioether (sulfide) groups is 1. The lowest BCUT2D eigenvalue weighted by Crippen LogP contribution is -2.60. The largest absolute Gasteiger partial charge is 0.460 e. The SMILES string of the molecule is CCCC(=O)N1c2ccccc2-c2c(=O)[nH]c(SC)n[n+]2[C@@H]1c1ccco1. The fourth-order valence-electron chi connectivity index (χ4n) is 3.36. The van der Waals surface area contributed by atoms with Crippen molar-refractivity contribution in [1.82, 2.24) is 10.1 Å². The number of amides is 1. The zero-order valence-electron chi connectivity index (χ0n) is 15.0. The van der Waals surface area contributed by atoms with E-state index >= 15 is 0 Å². The van der Waals surface area contributed by atoms with Gasteiger partial charge in [-0.25, -0.2) is 4.90 Å². The van der Waals surface area contributed by atoms with E-state index < -0.39 is 6.17 Å². The molecule has 2 aromatic heterocycles. The first-order chi connectivity index (χ1) is 13.2. The fraction of sp³-hybridized carbons (Fsp3) is 0.263. The molecule has 1 atom stereocenters. The molecule has 0 unspecified atom stereocenters. The van der Waals surface area contributed by atoms with Gasteiger partial charge in [0.15, 0.2) is 5.76 Å². The van der Waals surface area contributed by atoms with Crippen LogP contribution in [0.2, 0.25) is 0 Å². The first-order valence-corrected chi connectivity index (χ1v) is 9.93. The molecule has 0 radical (unpaired) electrons. The molecule has 138 valence electrons. The average Bonchev–Trinajstić information content (AvgIpc) is 3.20. The molecule has 1 N–H and O–H groups in total. The van der Waals surface area contributed by atoms with Gasteiger partial charge < -0.3 is 4.42 Å². The Bertz CT molecular complexity index is 1050. The van der Waals surface area contributed by atoms with E-state index in [4.69, 9.17) is 4.42 Å². The Kier molecular flexibility index (Phi) is 4.57. The van der Waals surface area contributed by atoms with Crippen molar-refractivity contribution in [2.45, 2.75) is 31.1 Å². The minimum atomic E-state index is -0.655. The molecule has 0 aliphatic carbocycles. The van der Waals surface area contributed by atoms with Crippen LogP contribution in [-0.2, 0) is 4.79 Å². The van der Waals surface area contributed by atoms with E-state index in [0.29, 0.717) is 34.3 Å². The van der Waals surface area contributed by atoms with Crippen LogP contribution in [0.25, 0.3) is 11.3 Å². The van der Waals surface area contributed by atoms with E-state index in [1.807, 2.05) is 37.4 Å². The molecule has 7 nitrogen and oxygen atoms in total. The Morgan fingerprint density at radius 1 is 1.33 bits per heavy atom. The van der Waals surface area contributed by atoms with Crippen LogP contribution in [0.4, 0.5) is 5.69 Å². The van der Waals surface area contributed by atoms with Crippen LogP contribution in [0.15, 0.2) is 57.0 Å². The molecule has 0 spiro atoms. The number of nitrogens with one attached hydrogen (secondary N) is 1. The van der Waals surface area contributed by atoms with Gasteiger partial charge in [0.2, 0.25) is 11.1 Å². The number of furan rings is 1. The second kappa shape index (κ2) is 7.03. The maximum atomic E-state index is 13.1. The maximum absolute atomic E-state index is 13.1. The molecule has 0 fully saturated rings. The maximum Gasteiger partial charge on any atom is 0.325 e. The van der Waals surface area contributed by atoms with E-state index in [0.717, 1.165) is 6.42 Å². The van der Waals surface area contributed by atoms with E-state index in [2.05, 4.69) is 10.1 Å². The zero-order chi connectivity index (χ0) is 19.0. The summed E-state index contributed by atoms with van der Waals surface area (Å²) < 4.78 is 7.24. The zero-order valence-corrected chi connectivity index (χ0v) is 15.8. The monoisotopic (exact) mass is 383 g/mol. The normalized spacial score (nSPS) is 15.3. The molecule has 3 heterocycles. The van der Waals surface area contributed by atoms with E-state index in [1.165, 1.54) is 11.8 Å². The third kappa shape index (κ3) is 2.86. The van der Waals surface area contributed by atoms with Gasteiger partial charge in [-0.3, -0.25) is 14.6 Å². The molecule has 4 rings (SSSR count). The van der Waals surface area contributed by atoms with E-state index in [1.54, 1.807) is 28.0 Å². The highest BCUT2D eigenvalue weighted by atomic mass is 32.2. The highest BCUT2D eigenvalue weighted by molar-refractivity contribution is 7.98. The van der Waals surface area contributed by atoms with Crippen molar-refractivity contribution in [1.29, 1.82) is 0 Å². The van der Waals surface area contributed by atoms with Crippen LogP contribution in [0, 0.1) is 0 Å². The molecule has 0 saturated carbocycles. The van der Waals surface area contributed by atoms with Gasteiger partial charge in [-0.05, 0) is 41.6 Å². The Hall–Kier alpha value is -2.87. The van der Waals surface area contributed by atoms with Crippen LogP contribution in [-0.4, -0.2) is 22.2 Å². The van der Waals surface area contributed by atoms with Gasteiger partial charge in [0.1, 0.15) is 0 Å². The van der Waals surface area contributed by atoms with E-state index in [-0.39, 0.29) is 11.5 Å². The smallest absolute Gasteiger partial charge is 0.325 e. The van der Waals surface area contributed by atoms with Crippen molar-refractivity contribution in [2.75, 3.05) is 11.2 Å². The molecule has 1 aromatic carbocycles. The third-order valence-electron chi connectivity index (χ3n) is 4.48. The number of fused-ring (bicyclic) bond motifs is 3. The summed E-state index contributed by atoms with van der Waals surface area (Å²) >= 11 is 1.33. The number of hydrogen-bond acceptors (Lipinski definition) is 5. The standard InChI is InChI=1S/C19H18N4O3S/c1-3-7-15(24)22-13-9-5-4-8-12(13)16-17(25)20-19(27-2)21-23(16)18(22)14-10-6-11-26-14/h4-6,8-11,18H,3,7H2,1-2H3/p+1/t18-/m1/s1. The van der Waals surface area contributed by atoms with Gasteiger partial charge in [0, 0.05) is 11.5 Å². The van der Waals surface area contributed by atoms with Crippen molar-refractivity contribution in [3.63, 3.8) is 0 Å². The lowest BCUT2D eigenvalue weighted by molar-refractivity contribution is -0.764. The highest BCUT2D eigenvalue weighted by Crippen LogP contribution is 2.37. The van der Waals surface area contributed by atoms with Gasteiger partial charge >= 0.3 is 17.4 Å². The summed E-state index contributed by atoms with van der Waals surface area (Å²) in [5.41, 5.74) is 1.51. The van der Waals surface area contributed by atoms with Gasteiger partial charge in [0.25, 0.3) is 0 Å². The molecule has 8 heteroatoms. The summed E-state index contributed by atoms with van der Waals surface area (Å²) in [4.78, 5) is 30.4. The number of anilines is 1. The van der Waals surface area contributed by atoms with Gasteiger partial charge in [-0.2, -0.15) is 0 Å². The highest BCUT2D eigenvalue weighted by Gasteiger charge is 2.46. The first kappa shape index (κ1) is 17.5. The molecule has 1 amide bonds. The summed E-state index contributed by atoms with van der Waals surface area (Å²) in [6.07, 6.45) is 3.85. The van der Waals surface area contributed by atoms with Crippen molar-refractivity contribution in [3.05, 3.63) is 58.8 Å². The minimum absolute atomic E-state index is 0.0442. The number of carbonyl (C=O) groups is 1. The van der Waals surface area contributed by atoms with Crippen molar-refractivity contribution in [3.8, 4) is 11.3 Å². The summed E-state index contributed by atoms with van der Waals surface area (Å²) in [7, 11) is 0. The van der Waals surface area contributed by atoms with E-state index in [9.17, 15) is 9.59 Å². The number of hydrogen-bond donors (Lipinski definition) is 1. The van der Waals surface area contributed by atoms with Crippen molar-refractivity contribution in [2.24, 2.45) is 0 Å². The Morgan fingerprint density at radius 3 is 2.85 bits per heavy atom. The predicted molar refractivity (Wildman–Crippen MR) is 102 cm³/mol. The van der Waals surface area contributed by atoms with Crippen LogP contribution in [0.3, 0.4) is 0 Å². The Labute approximate surface area is 160 Å². The lowest BCUT2D eigenvalue weighted by atomic mass is 10.0. The number of carbonyl (C=O) groups excluding carboxylic acids is 1. The molecular formula is C19H19N4O3S+. The number of H-pyrrole nitrogens is 1.